The van der Waals surface area contributed by atoms with Gasteiger partial charge in [0.1, 0.15) is 0 Å². The highest BCUT2D eigenvalue weighted by Gasteiger charge is 2.01. The van der Waals surface area contributed by atoms with Gasteiger partial charge < -0.3 is 5.11 Å². The van der Waals surface area contributed by atoms with Crippen LogP contribution < -0.4 is 0 Å². The van der Waals surface area contributed by atoms with Crippen LogP contribution in [0, 0.1) is 0 Å². The van der Waals surface area contributed by atoms with Crippen molar-refractivity contribution in [1.82, 2.24) is 0 Å². The molecular weight excluding hydrogens is 332 g/mol. The van der Waals surface area contributed by atoms with Gasteiger partial charge in [0.25, 0.3) is 0 Å². The second-order valence-corrected chi connectivity index (χ2v) is 7.78. The lowest BCUT2D eigenvalue weighted by atomic mass is 10.1. The maximum Gasteiger partial charge on any atom is 0.303 e. The monoisotopic (exact) mass is 364 g/mol. The van der Waals surface area contributed by atoms with Crippen molar-refractivity contribution in [3.8, 4) is 0 Å². The van der Waals surface area contributed by atoms with Crippen LogP contribution in [0.15, 0.2) is 18.2 Å². The summed E-state index contributed by atoms with van der Waals surface area (Å²) >= 11 is 1.77. The van der Waals surface area contributed by atoms with E-state index in [9.17, 15) is 9.59 Å². The van der Waals surface area contributed by atoms with Gasteiger partial charge in [0.2, 0.25) is 0 Å². The Labute approximate surface area is 156 Å². The number of unbranched alkanes of at least 4 members (excludes halogenated alkanes) is 7. The van der Waals surface area contributed by atoms with Gasteiger partial charge in [0.15, 0.2) is 5.78 Å². The third-order valence-electron chi connectivity index (χ3n) is 4.21. The summed E-state index contributed by atoms with van der Waals surface area (Å²) < 4.78 is 0. The molecule has 0 amide bonds. The number of carboxylic acid groups (broad SMARTS) is 1. The number of thiophene rings is 1. The van der Waals surface area contributed by atoms with Gasteiger partial charge in [-0.05, 0) is 50.0 Å². The molecule has 1 N–H and O–H groups in total. The molecular formula is C21H32O3S. The molecule has 1 aromatic heterocycles. The molecule has 1 rings (SSSR count). The van der Waals surface area contributed by atoms with Crippen LogP contribution in [0.2, 0.25) is 0 Å². The maximum atomic E-state index is 11.7. The van der Waals surface area contributed by atoms with E-state index in [-0.39, 0.29) is 5.78 Å². The first-order chi connectivity index (χ1) is 12.1. The SMILES string of the molecule is CCCCCC(=O)/C=C/c1ccc(CCCCCCCCC(=O)O)s1. The van der Waals surface area contributed by atoms with Crippen LogP contribution >= 0.6 is 11.3 Å². The van der Waals surface area contributed by atoms with Crippen molar-refractivity contribution in [2.24, 2.45) is 0 Å². The fourth-order valence-electron chi connectivity index (χ4n) is 2.71. The van der Waals surface area contributed by atoms with Crippen LogP contribution in [-0.4, -0.2) is 16.9 Å². The Balaban J connectivity index is 2.12. The third kappa shape index (κ3) is 11.7. The largest absolute Gasteiger partial charge is 0.481 e. The molecule has 0 unspecified atom stereocenters. The zero-order chi connectivity index (χ0) is 18.3. The summed E-state index contributed by atoms with van der Waals surface area (Å²) in [6, 6.07) is 4.26. The minimum Gasteiger partial charge on any atom is -0.481 e. The summed E-state index contributed by atoms with van der Waals surface area (Å²) in [6.07, 6.45) is 15.5. The lowest BCUT2D eigenvalue weighted by molar-refractivity contribution is -0.137. The first-order valence-electron chi connectivity index (χ1n) is 9.63. The number of ketones is 1. The lowest BCUT2D eigenvalue weighted by Gasteiger charge is -2.00. The van der Waals surface area contributed by atoms with Crippen molar-refractivity contribution in [2.75, 3.05) is 0 Å². The zero-order valence-electron chi connectivity index (χ0n) is 15.5. The zero-order valence-corrected chi connectivity index (χ0v) is 16.3. The molecule has 3 nitrogen and oxygen atoms in total. The number of rotatable bonds is 15. The Kier molecular flexibility index (Phi) is 12.0. The van der Waals surface area contributed by atoms with E-state index in [0.717, 1.165) is 49.8 Å². The van der Waals surface area contributed by atoms with Gasteiger partial charge in [-0.25, -0.2) is 0 Å². The summed E-state index contributed by atoms with van der Waals surface area (Å²) in [5.74, 6) is -0.462. The Morgan fingerprint density at radius 3 is 2.36 bits per heavy atom. The predicted molar refractivity (Wildman–Crippen MR) is 106 cm³/mol. The molecule has 1 aromatic rings. The number of hydrogen-bond donors (Lipinski definition) is 1. The van der Waals surface area contributed by atoms with Gasteiger partial charge >= 0.3 is 5.97 Å². The number of carbonyl (C=O) groups excluding carboxylic acids is 1. The van der Waals surface area contributed by atoms with Crippen LogP contribution in [-0.2, 0) is 16.0 Å². The Bertz CT molecular complexity index is 531. The highest BCUT2D eigenvalue weighted by molar-refractivity contribution is 7.12. The van der Waals surface area contributed by atoms with Crippen molar-refractivity contribution in [3.05, 3.63) is 28.0 Å². The van der Waals surface area contributed by atoms with E-state index in [1.165, 1.54) is 24.1 Å². The number of carbonyl (C=O) groups is 2. The van der Waals surface area contributed by atoms with Crippen LogP contribution in [0.25, 0.3) is 6.08 Å². The molecule has 0 spiro atoms. The minimum absolute atomic E-state index is 0.228. The van der Waals surface area contributed by atoms with Gasteiger partial charge in [-0.1, -0.05) is 45.4 Å². The van der Waals surface area contributed by atoms with Gasteiger partial charge in [-0.15, -0.1) is 11.3 Å². The highest BCUT2D eigenvalue weighted by atomic mass is 32.1. The molecule has 0 aromatic carbocycles. The second-order valence-electron chi connectivity index (χ2n) is 6.58. The van der Waals surface area contributed by atoms with Crippen LogP contribution in [0.5, 0.6) is 0 Å². The van der Waals surface area contributed by atoms with Crippen molar-refractivity contribution < 1.29 is 14.7 Å². The number of aliphatic carboxylic acids is 1. The summed E-state index contributed by atoms with van der Waals surface area (Å²) in [5, 5.41) is 8.58. The maximum absolute atomic E-state index is 11.7. The Morgan fingerprint density at radius 2 is 1.64 bits per heavy atom. The van der Waals surface area contributed by atoms with E-state index in [2.05, 4.69) is 19.1 Å². The van der Waals surface area contributed by atoms with E-state index in [0.29, 0.717) is 12.8 Å². The molecule has 0 aliphatic carbocycles. The molecule has 0 atom stereocenters. The summed E-state index contributed by atoms with van der Waals surface area (Å²) in [4.78, 5) is 24.7. The smallest absolute Gasteiger partial charge is 0.303 e. The molecule has 1 heterocycles. The van der Waals surface area contributed by atoms with E-state index in [1.54, 1.807) is 17.4 Å². The fourth-order valence-corrected chi connectivity index (χ4v) is 3.67. The molecule has 4 heteroatoms. The Hall–Kier alpha value is -1.42. The number of aryl methyl sites for hydroxylation is 1. The summed E-state index contributed by atoms with van der Waals surface area (Å²) in [5.41, 5.74) is 0. The molecule has 0 aliphatic rings. The summed E-state index contributed by atoms with van der Waals surface area (Å²) in [7, 11) is 0. The first kappa shape index (κ1) is 21.6. The van der Waals surface area contributed by atoms with E-state index >= 15 is 0 Å². The molecule has 0 saturated carbocycles. The normalized spacial score (nSPS) is 11.2. The van der Waals surface area contributed by atoms with Crippen LogP contribution in [0.4, 0.5) is 0 Å². The molecule has 140 valence electrons. The van der Waals surface area contributed by atoms with Crippen molar-refractivity contribution in [3.63, 3.8) is 0 Å². The number of allylic oxidation sites excluding steroid dienone is 1. The highest BCUT2D eigenvalue weighted by Crippen LogP contribution is 2.21. The standard InChI is InChI=1S/C21H32O3S/c1-2-3-8-11-18(22)14-15-20-17-16-19(25-20)12-9-6-4-5-7-10-13-21(23)24/h14-17H,2-13H2,1H3,(H,23,24)/b15-14+. The molecule has 0 fully saturated rings. The van der Waals surface area contributed by atoms with Crippen molar-refractivity contribution in [1.29, 1.82) is 0 Å². The number of hydrogen-bond acceptors (Lipinski definition) is 3. The van der Waals surface area contributed by atoms with Gasteiger partial charge in [-0.3, -0.25) is 9.59 Å². The van der Waals surface area contributed by atoms with Crippen LogP contribution in [0.3, 0.4) is 0 Å². The number of carboxylic acids is 1. The molecule has 25 heavy (non-hydrogen) atoms. The second kappa shape index (κ2) is 13.8. The van der Waals surface area contributed by atoms with Gasteiger partial charge in [0, 0.05) is 22.6 Å². The van der Waals surface area contributed by atoms with E-state index < -0.39 is 5.97 Å². The van der Waals surface area contributed by atoms with Crippen molar-refractivity contribution >= 4 is 29.2 Å². The topological polar surface area (TPSA) is 54.4 Å². The van der Waals surface area contributed by atoms with Gasteiger partial charge in [-0.2, -0.15) is 0 Å². The molecule has 0 aliphatic heterocycles. The molecule has 0 saturated heterocycles. The Morgan fingerprint density at radius 1 is 0.960 bits per heavy atom. The lowest BCUT2D eigenvalue weighted by Crippen LogP contribution is -1.93. The molecule has 0 radical (unpaired) electrons. The predicted octanol–water partition coefficient (Wildman–Crippen LogP) is 6.27. The average Bonchev–Trinajstić information content (AvgIpc) is 3.03. The average molecular weight is 365 g/mol. The van der Waals surface area contributed by atoms with Gasteiger partial charge in [0.05, 0.1) is 0 Å². The van der Waals surface area contributed by atoms with E-state index in [1.807, 2.05) is 6.08 Å². The van der Waals surface area contributed by atoms with Crippen LogP contribution in [0.1, 0.15) is 87.3 Å². The van der Waals surface area contributed by atoms with Crippen molar-refractivity contribution in [2.45, 2.75) is 84.0 Å². The van der Waals surface area contributed by atoms with E-state index in [4.69, 9.17) is 5.11 Å². The fraction of sp³-hybridized carbons (Fsp3) is 0.619. The first-order valence-corrected chi connectivity index (χ1v) is 10.4. The quantitative estimate of drug-likeness (QED) is 0.295. The third-order valence-corrected chi connectivity index (χ3v) is 5.32. The minimum atomic E-state index is -0.690. The molecule has 0 bridgehead atoms. The summed E-state index contributed by atoms with van der Waals surface area (Å²) in [6.45, 7) is 2.15.